The molecule has 1 heterocycles. The first-order chi connectivity index (χ1) is 7.24. The number of hydrogen-bond acceptors (Lipinski definition) is 3. The van der Waals surface area contributed by atoms with Gasteiger partial charge >= 0.3 is 0 Å². The summed E-state index contributed by atoms with van der Waals surface area (Å²) in [6, 6.07) is 2.12. The number of hydrogen-bond donors (Lipinski definition) is 1. The Hall–Kier alpha value is -1.29. The minimum absolute atomic E-state index is 0.0502. The number of rotatable bonds is 4. The number of carbonyl (C=O) groups excluding carboxylic acids is 1. The fourth-order valence-corrected chi connectivity index (χ4v) is 1.74. The summed E-state index contributed by atoms with van der Waals surface area (Å²) in [4.78, 5) is 14.0. The zero-order chi connectivity index (χ0) is 10.8. The Morgan fingerprint density at radius 3 is 2.87 bits per heavy atom. The molecule has 0 aliphatic heterocycles. The van der Waals surface area contributed by atoms with Crippen LogP contribution in [0.1, 0.15) is 29.0 Å². The van der Waals surface area contributed by atoms with E-state index >= 15 is 0 Å². The van der Waals surface area contributed by atoms with E-state index in [0.29, 0.717) is 30.5 Å². The lowest BCUT2D eigenvalue weighted by molar-refractivity contribution is 0.0746. The normalized spacial score (nSPS) is 15.3. The molecule has 1 aromatic heterocycles. The topological polar surface area (TPSA) is 59.5 Å². The van der Waals surface area contributed by atoms with Crippen LogP contribution in [-0.4, -0.2) is 29.9 Å². The summed E-state index contributed by atoms with van der Waals surface area (Å²) in [5.74, 6) is 0.733. The maximum Gasteiger partial charge on any atom is 0.257 e. The number of aryl methyl sites for hydroxylation is 1. The first-order valence-electron chi connectivity index (χ1n) is 5.29. The fraction of sp³-hybridized carbons (Fsp3) is 0.545. The number of nitrogens with zero attached hydrogens (tertiary/aromatic N) is 1. The van der Waals surface area contributed by atoms with Crippen molar-refractivity contribution in [3.63, 3.8) is 0 Å². The van der Waals surface area contributed by atoms with Gasteiger partial charge in [0.25, 0.3) is 5.91 Å². The molecule has 0 spiro atoms. The van der Waals surface area contributed by atoms with Crippen LogP contribution in [0, 0.1) is 6.92 Å². The monoisotopic (exact) mass is 208 g/mol. The van der Waals surface area contributed by atoms with E-state index in [9.17, 15) is 4.79 Å². The SMILES string of the molecule is Cc1occc1C(=O)N(CCN)C1CC1. The summed E-state index contributed by atoms with van der Waals surface area (Å²) in [6.07, 6.45) is 3.75. The summed E-state index contributed by atoms with van der Waals surface area (Å²) in [5.41, 5.74) is 6.17. The molecule has 0 aromatic carbocycles. The highest BCUT2D eigenvalue weighted by molar-refractivity contribution is 5.95. The summed E-state index contributed by atoms with van der Waals surface area (Å²) in [7, 11) is 0. The van der Waals surface area contributed by atoms with E-state index in [2.05, 4.69) is 0 Å². The summed E-state index contributed by atoms with van der Waals surface area (Å²) in [5, 5.41) is 0. The Labute approximate surface area is 89.0 Å². The highest BCUT2D eigenvalue weighted by atomic mass is 16.3. The van der Waals surface area contributed by atoms with Crippen molar-refractivity contribution in [1.29, 1.82) is 0 Å². The Morgan fingerprint density at radius 1 is 1.67 bits per heavy atom. The molecule has 1 aliphatic carbocycles. The van der Waals surface area contributed by atoms with E-state index in [1.165, 1.54) is 0 Å². The van der Waals surface area contributed by atoms with Crippen LogP contribution < -0.4 is 5.73 Å². The van der Waals surface area contributed by atoms with Crippen molar-refractivity contribution < 1.29 is 9.21 Å². The van der Waals surface area contributed by atoms with Gasteiger partial charge in [-0.05, 0) is 25.8 Å². The molecule has 0 atom stereocenters. The molecule has 1 fully saturated rings. The third-order valence-corrected chi connectivity index (χ3v) is 2.71. The van der Waals surface area contributed by atoms with Gasteiger partial charge in [-0.15, -0.1) is 0 Å². The predicted octanol–water partition coefficient (Wildman–Crippen LogP) is 1.15. The van der Waals surface area contributed by atoms with Crippen molar-refractivity contribution in [3.8, 4) is 0 Å². The van der Waals surface area contributed by atoms with Crippen molar-refractivity contribution >= 4 is 5.91 Å². The molecule has 1 amide bonds. The predicted molar refractivity (Wildman–Crippen MR) is 56.6 cm³/mol. The summed E-state index contributed by atoms with van der Waals surface area (Å²) in [6.45, 7) is 2.95. The lowest BCUT2D eigenvalue weighted by atomic mass is 10.2. The smallest absolute Gasteiger partial charge is 0.257 e. The van der Waals surface area contributed by atoms with Crippen LogP contribution in [0.2, 0.25) is 0 Å². The van der Waals surface area contributed by atoms with Crippen LogP contribution in [0.3, 0.4) is 0 Å². The largest absolute Gasteiger partial charge is 0.469 e. The highest BCUT2D eigenvalue weighted by Crippen LogP contribution is 2.28. The highest BCUT2D eigenvalue weighted by Gasteiger charge is 2.33. The number of furan rings is 1. The first-order valence-corrected chi connectivity index (χ1v) is 5.29. The molecule has 82 valence electrons. The molecule has 4 heteroatoms. The number of carbonyl (C=O) groups is 1. The molecule has 0 saturated heterocycles. The first kappa shape index (κ1) is 10.2. The quantitative estimate of drug-likeness (QED) is 0.807. The maximum atomic E-state index is 12.1. The van der Waals surface area contributed by atoms with E-state index in [0.717, 1.165) is 12.8 Å². The second-order valence-corrected chi connectivity index (χ2v) is 3.91. The van der Waals surface area contributed by atoms with Gasteiger partial charge in [0.2, 0.25) is 0 Å². The van der Waals surface area contributed by atoms with Gasteiger partial charge in [-0.2, -0.15) is 0 Å². The Morgan fingerprint density at radius 2 is 2.40 bits per heavy atom. The Bertz CT molecular complexity index is 355. The molecule has 0 radical (unpaired) electrons. The van der Waals surface area contributed by atoms with Gasteiger partial charge in [0, 0.05) is 19.1 Å². The second kappa shape index (κ2) is 4.06. The van der Waals surface area contributed by atoms with E-state index in [4.69, 9.17) is 10.2 Å². The summed E-state index contributed by atoms with van der Waals surface area (Å²) < 4.78 is 5.14. The van der Waals surface area contributed by atoms with E-state index in [1.54, 1.807) is 19.3 Å². The molecular weight excluding hydrogens is 192 g/mol. The van der Waals surface area contributed by atoms with Crippen molar-refractivity contribution in [2.75, 3.05) is 13.1 Å². The van der Waals surface area contributed by atoms with Crippen LogP contribution in [-0.2, 0) is 0 Å². The van der Waals surface area contributed by atoms with E-state index in [-0.39, 0.29) is 5.91 Å². The lowest BCUT2D eigenvalue weighted by Gasteiger charge is -2.21. The average Bonchev–Trinajstić information content (AvgIpc) is 2.97. The molecule has 1 saturated carbocycles. The lowest BCUT2D eigenvalue weighted by Crippen LogP contribution is -2.37. The van der Waals surface area contributed by atoms with Gasteiger partial charge in [-0.25, -0.2) is 0 Å². The van der Waals surface area contributed by atoms with Crippen LogP contribution in [0.4, 0.5) is 0 Å². The van der Waals surface area contributed by atoms with Crippen molar-refractivity contribution in [3.05, 3.63) is 23.7 Å². The summed E-state index contributed by atoms with van der Waals surface area (Å²) >= 11 is 0. The van der Waals surface area contributed by atoms with Gasteiger partial charge in [0.05, 0.1) is 11.8 Å². The maximum absolute atomic E-state index is 12.1. The van der Waals surface area contributed by atoms with E-state index < -0.39 is 0 Å². The van der Waals surface area contributed by atoms with Crippen LogP contribution in [0.15, 0.2) is 16.7 Å². The van der Waals surface area contributed by atoms with E-state index in [1.807, 2.05) is 4.90 Å². The van der Waals surface area contributed by atoms with Gasteiger partial charge < -0.3 is 15.1 Å². The molecular formula is C11H16N2O2. The van der Waals surface area contributed by atoms with Gasteiger partial charge in [0.1, 0.15) is 5.76 Å². The molecule has 2 rings (SSSR count). The third kappa shape index (κ3) is 2.04. The molecule has 15 heavy (non-hydrogen) atoms. The van der Waals surface area contributed by atoms with Crippen molar-refractivity contribution in [1.82, 2.24) is 4.90 Å². The third-order valence-electron chi connectivity index (χ3n) is 2.71. The average molecular weight is 208 g/mol. The standard InChI is InChI=1S/C11H16N2O2/c1-8-10(4-7-15-8)11(14)13(6-5-12)9-2-3-9/h4,7,9H,2-3,5-6,12H2,1H3. The molecule has 0 unspecified atom stereocenters. The number of amides is 1. The molecule has 1 aromatic rings. The Kier molecular flexibility index (Phi) is 2.77. The van der Waals surface area contributed by atoms with Crippen LogP contribution >= 0.6 is 0 Å². The zero-order valence-electron chi connectivity index (χ0n) is 8.90. The number of nitrogens with two attached hydrogens (primary N) is 1. The molecule has 4 nitrogen and oxygen atoms in total. The van der Waals surface area contributed by atoms with Crippen molar-refractivity contribution in [2.45, 2.75) is 25.8 Å². The van der Waals surface area contributed by atoms with Gasteiger partial charge in [0.15, 0.2) is 0 Å². The molecule has 2 N–H and O–H groups in total. The molecule has 1 aliphatic rings. The van der Waals surface area contributed by atoms with Gasteiger partial charge in [-0.1, -0.05) is 0 Å². The zero-order valence-corrected chi connectivity index (χ0v) is 8.90. The van der Waals surface area contributed by atoms with Crippen LogP contribution in [0.25, 0.3) is 0 Å². The van der Waals surface area contributed by atoms with Gasteiger partial charge in [-0.3, -0.25) is 4.79 Å². The minimum atomic E-state index is 0.0502. The molecule has 0 bridgehead atoms. The minimum Gasteiger partial charge on any atom is -0.469 e. The fourth-order valence-electron chi connectivity index (χ4n) is 1.74. The van der Waals surface area contributed by atoms with Crippen LogP contribution in [0.5, 0.6) is 0 Å². The van der Waals surface area contributed by atoms with Crippen molar-refractivity contribution in [2.24, 2.45) is 5.73 Å². The Balaban J connectivity index is 2.14. The second-order valence-electron chi connectivity index (χ2n) is 3.91.